The molecule has 0 aliphatic heterocycles. The van der Waals surface area contributed by atoms with Gasteiger partial charge >= 0.3 is 5.97 Å². The van der Waals surface area contributed by atoms with Gasteiger partial charge < -0.3 is 9.75 Å². The maximum Gasteiger partial charge on any atom is 0.322 e. The number of methoxy groups -OCH3 is 1. The van der Waals surface area contributed by atoms with E-state index in [0.29, 0.717) is 0 Å². The molecule has 124 valence electrons. The lowest BCUT2D eigenvalue weighted by molar-refractivity contribution is -0.384. The van der Waals surface area contributed by atoms with Crippen molar-refractivity contribution in [1.29, 1.82) is 0 Å². The first-order chi connectivity index (χ1) is 10.7. The number of carbonyl (C=O) groups is 2. The van der Waals surface area contributed by atoms with Gasteiger partial charge in [0.25, 0.3) is 5.69 Å². The van der Waals surface area contributed by atoms with Crippen LogP contribution in [0.4, 0.5) is 5.69 Å². The number of carbonyl (C=O) groups excluding carboxylic acids is 2. The number of benzene rings is 1. The summed E-state index contributed by atoms with van der Waals surface area (Å²) < 4.78 is 4.64. The van der Waals surface area contributed by atoms with Crippen LogP contribution in [0.25, 0.3) is 0 Å². The average molecular weight is 342 g/mol. The summed E-state index contributed by atoms with van der Waals surface area (Å²) in [6.07, 6.45) is 0. The molecule has 0 saturated carbocycles. The van der Waals surface area contributed by atoms with E-state index in [9.17, 15) is 19.7 Å². The van der Waals surface area contributed by atoms with Crippen molar-refractivity contribution in [1.82, 2.24) is 5.01 Å². The Balaban J connectivity index is 3.38. The monoisotopic (exact) mass is 341 g/mol. The van der Waals surface area contributed by atoms with Crippen molar-refractivity contribution in [3.8, 4) is 0 Å². The SMILES string of the molecule is COC(=O)C(C(=O)c1cc([N+](=O)[O-])ccc1Cl)C(C)=NN(C)C. The van der Waals surface area contributed by atoms with Gasteiger partial charge in [0.1, 0.15) is 0 Å². The number of ketones is 1. The second-order valence-electron chi connectivity index (χ2n) is 4.83. The van der Waals surface area contributed by atoms with Crippen molar-refractivity contribution in [3.63, 3.8) is 0 Å². The first-order valence-electron chi connectivity index (χ1n) is 6.47. The molecule has 23 heavy (non-hydrogen) atoms. The number of halogens is 1. The van der Waals surface area contributed by atoms with Crippen LogP contribution in [-0.4, -0.2) is 48.6 Å². The van der Waals surface area contributed by atoms with E-state index in [-0.39, 0.29) is 22.0 Å². The molecular weight excluding hydrogens is 326 g/mol. The van der Waals surface area contributed by atoms with Crippen molar-refractivity contribution in [2.24, 2.45) is 11.0 Å². The number of esters is 1. The molecule has 8 nitrogen and oxygen atoms in total. The molecule has 0 fully saturated rings. The molecule has 0 amide bonds. The van der Waals surface area contributed by atoms with Crippen LogP contribution < -0.4 is 0 Å². The highest BCUT2D eigenvalue weighted by molar-refractivity contribution is 6.36. The number of hydrogen-bond acceptors (Lipinski definition) is 7. The maximum atomic E-state index is 12.7. The fraction of sp³-hybridized carbons (Fsp3) is 0.357. The molecule has 0 bridgehead atoms. The third-order valence-corrected chi connectivity index (χ3v) is 3.23. The van der Waals surface area contributed by atoms with E-state index in [4.69, 9.17) is 11.6 Å². The summed E-state index contributed by atoms with van der Waals surface area (Å²) in [6, 6.07) is 3.44. The number of rotatable bonds is 6. The molecule has 1 unspecified atom stereocenters. The van der Waals surface area contributed by atoms with Crippen LogP contribution in [0.1, 0.15) is 17.3 Å². The molecule has 0 heterocycles. The lowest BCUT2D eigenvalue weighted by Gasteiger charge is -2.16. The molecule has 0 N–H and O–H groups in total. The van der Waals surface area contributed by atoms with Gasteiger partial charge in [-0.15, -0.1) is 0 Å². The van der Waals surface area contributed by atoms with Gasteiger partial charge in [-0.25, -0.2) is 0 Å². The highest BCUT2D eigenvalue weighted by Gasteiger charge is 2.33. The predicted octanol–water partition coefficient (Wildman–Crippen LogP) is 2.16. The number of Topliss-reactive ketones (excluding diaryl/α,β-unsaturated/α-hetero) is 1. The van der Waals surface area contributed by atoms with E-state index in [2.05, 4.69) is 9.84 Å². The van der Waals surface area contributed by atoms with E-state index in [1.54, 1.807) is 14.1 Å². The Labute approximate surface area is 137 Å². The minimum Gasteiger partial charge on any atom is -0.468 e. The summed E-state index contributed by atoms with van der Waals surface area (Å²) >= 11 is 5.95. The van der Waals surface area contributed by atoms with Gasteiger partial charge in [0.2, 0.25) is 0 Å². The number of nitrogens with zero attached hydrogens (tertiary/aromatic N) is 3. The quantitative estimate of drug-likeness (QED) is 0.196. The Morgan fingerprint density at radius 1 is 1.39 bits per heavy atom. The van der Waals surface area contributed by atoms with Crippen molar-refractivity contribution in [3.05, 3.63) is 38.9 Å². The van der Waals surface area contributed by atoms with Crippen LogP contribution in [0, 0.1) is 16.0 Å². The molecule has 1 atom stereocenters. The van der Waals surface area contributed by atoms with Crippen LogP contribution in [0.2, 0.25) is 5.02 Å². The van der Waals surface area contributed by atoms with Crippen LogP contribution in [0.5, 0.6) is 0 Å². The molecule has 0 aliphatic rings. The summed E-state index contributed by atoms with van der Waals surface area (Å²) in [4.78, 5) is 34.8. The predicted molar refractivity (Wildman–Crippen MR) is 84.7 cm³/mol. The molecule has 0 aromatic heterocycles. The minimum atomic E-state index is -1.33. The fourth-order valence-corrected chi connectivity index (χ4v) is 2.14. The van der Waals surface area contributed by atoms with Crippen LogP contribution in [0.3, 0.4) is 0 Å². The highest BCUT2D eigenvalue weighted by atomic mass is 35.5. The third kappa shape index (κ3) is 4.49. The summed E-state index contributed by atoms with van der Waals surface area (Å²) in [5, 5.41) is 16.3. The summed E-state index contributed by atoms with van der Waals surface area (Å²) in [5.41, 5.74) is -0.248. The molecule has 0 radical (unpaired) electrons. The number of hydrogen-bond donors (Lipinski definition) is 0. The summed E-state index contributed by atoms with van der Waals surface area (Å²) in [6.45, 7) is 1.49. The Morgan fingerprint density at radius 2 is 2.00 bits per heavy atom. The van der Waals surface area contributed by atoms with Crippen LogP contribution in [-0.2, 0) is 9.53 Å². The van der Waals surface area contributed by atoms with Crippen molar-refractivity contribution >= 4 is 34.8 Å². The lowest BCUT2D eigenvalue weighted by atomic mass is 9.93. The zero-order chi connectivity index (χ0) is 17.7. The number of hydrazone groups is 1. The van der Waals surface area contributed by atoms with Crippen molar-refractivity contribution in [2.75, 3.05) is 21.2 Å². The second-order valence-corrected chi connectivity index (χ2v) is 5.24. The number of ether oxygens (including phenoxy) is 1. The topological polar surface area (TPSA) is 102 Å². The average Bonchev–Trinajstić information content (AvgIpc) is 2.46. The Bertz CT molecular complexity index is 672. The van der Waals surface area contributed by atoms with Gasteiger partial charge in [0, 0.05) is 31.8 Å². The summed E-state index contributed by atoms with van der Waals surface area (Å²) in [5.74, 6) is -2.86. The zero-order valence-electron chi connectivity index (χ0n) is 13.1. The normalized spacial score (nSPS) is 12.5. The van der Waals surface area contributed by atoms with Crippen LogP contribution >= 0.6 is 11.6 Å². The fourth-order valence-electron chi connectivity index (χ4n) is 1.93. The summed E-state index contributed by atoms with van der Waals surface area (Å²) in [7, 11) is 4.39. The molecule has 1 aromatic rings. The number of nitro groups is 1. The zero-order valence-corrected chi connectivity index (χ0v) is 13.8. The molecule has 0 aliphatic carbocycles. The first kappa shape index (κ1) is 18.6. The largest absolute Gasteiger partial charge is 0.468 e. The van der Waals surface area contributed by atoms with Crippen molar-refractivity contribution in [2.45, 2.75) is 6.92 Å². The molecule has 1 aromatic carbocycles. The van der Waals surface area contributed by atoms with E-state index >= 15 is 0 Å². The first-order valence-corrected chi connectivity index (χ1v) is 6.85. The van der Waals surface area contributed by atoms with Gasteiger partial charge in [0.05, 0.1) is 22.8 Å². The molecule has 0 spiro atoms. The molecule has 0 saturated heterocycles. The van der Waals surface area contributed by atoms with Crippen LogP contribution in [0.15, 0.2) is 23.3 Å². The Kier molecular flexibility index (Phi) is 6.20. The standard InChI is InChI=1S/C14H16ClN3O5/c1-8(16-17(2)3)12(14(20)23-4)13(19)10-7-9(18(21)22)5-6-11(10)15/h5-7,12H,1-4H3. The van der Waals surface area contributed by atoms with Gasteiger partial charge in [-0.1, -0.05) is 11.6 Å². The van der Waals surface area contributed by atoms with E-state index in [1.807, 2.05) is 0 Å². The van der Waals surface area contributed by atoms with E-state index < -0.39 is 22.6 Å². The van der Waals surface area contributed by atoms with Gasteiger partial charge in [-0.2, -0.15) is 5.10 Å². The molecule has 1 rings (SSSR count). The van der Waals surface area contributed by atoms with Crippen molar-refractivity contribution < 1.29 is 19.2 Å². The number of non-ortho nitro benzene ring substituents is 1. The highest BCUT2D eigenvalue weighted by Crippen LogP contribution is 2.25. The second kappa shape index (κ2) is 7.68. The molecular formula is C14H16ClN3O5. The van der Waals surface area contributed by atoms with Gasteiger partial charge in [0.15, 0.2) is 11.7 Å². The lowest BCUT2D eigenvalue weighted by Crippen LogP contribution is -2.33. The Hall–Kier alpha value is -2.48. The Morgan fingerprint density at radius 3 is 2.48 bits per heavy atom. The van der Waals surface area contributed by atoms with E-state index in [0.717, 1.165) is 13.2 Å². The minimum absolute atomic E-state index is 0.00663. The third-order valence-electron chi connectivity index (χ3n) is 2.90. The maximum absolute atomic E-state index is 12.7. The van der Waals surface area contributed by atoms with E-state index in [1.165, 1.54) is 24.1 Å². The van der Waals surface area contributed by atoms with Gasteiger partial charge in [-0.05, 0) is 13.0 Å². The number of nitro benzene ring substituents is 1. The van der Waals surface area contributed by atoms with Gasteiger partial charge in [-0.3, -0.25) is 19.7 Å². The molecule has 9 heteroatoms. The smallest absolute Gasteiger partial charge is 0.322 e.